The number of benzene rings is 1. The van der Waals surface area contributed by atoms with Crippen LogP contribution in [0, 0.1) is 0 Å². The van der Waals surface area contributed by atoms with Gasteiger partial charge >= 0.3 is 0 Å². The van der Waals surface area contributed by atoms with E-state index < -0.39 is 0 Å². The summed E-state index contributed by atoms with van der Waals surface area (Å²) in [6, 6.07) is 7.63. The molecular weight excluding hydrogens is 318 g/mol. The van der Waals surface area contributed by atoms with E-state index >= 15 is 0 Å². The summed E-state index contributed by atoms with van der Waals surface area (Å²) in [4.78, 5) is 11.7. The van der Waals surface area contributed by atoms with Crippen molar-refractivity contribution in [2.24, 2.45) is 9.98 Å². The van der Waals surface area contributed by atoms with Crippen LogP contribution in [-0.4, -0.2) is 45.0 Å². The van der Waals surface area contributed by atoms with Crippen molar-refractivity contribution < 1.29 is 0 Å². The number of amidine groups is 2. The van der Waals surface area contributed by atoms with Crippen LogP contribution in [0.15, 0.2) is 40.4 Å². The summed E-state index contributed by atoms with van der Waals surface area (Å²) < 4.78 is 1.83. The molecule has 112 valence electrons. The third-order valence-electron chi connectivity index (χ3n) is 3.71. The maximum Gasteiger partial charge on any atom is 0.171 e. The van der Waals surface area contributed by atoms with E-state index in [9.17, 15) is 0 Å². The number of aliphatic imine (C=N–C) groups is 2. The normalized spacial score (nSPS) is 16.7. The van der Waals surface area contributed by atoms with Gasteiger partial charge in [-0.05, 0) is 30.9 Å². The highest BCUT2D eigenvalue weighted by atomic mass is 35.5. The van der Waals surface area contributed by atoms with Crippen LogP contribution in [0.4, 0.5) is 5.82 Å². The minimum atomic E-state index is 0.684. The number of rotatable bonds is 1. The molecule has 4 rings (SSSR count). The van der Waals surface area contributed by atoms with Crippen molar-refractivity contribution in [3.63, 3.8) is 0 Å². The van der Waals surface area contributed by atoms with Crippen molar-refractivity contribution in [3.05, 3.63) is 41.0 Å². The predicted molar refractivity (Wildman–Crippen MR) is 91.9 cm³/mol. The van der Waals surface area contributed by atoms with Gasteiger partial charge in [-0.1, -0.05) is 29.4 Å². The van der Waals surface area contributed by atoms with E-state index in [4.69, 9.17) is 16.6 Å². The molecule has 0 atom stereocenters. The average Bonchev–Trinajstić information content (AvgIpc) is 2.98. The van der Waals surface area contributed by atoms with Gasteiger partial charge in [0.05, 0.1) is 17.4 Å². The van der Waals surface area contributed by atoms with Crippen LogP contribution in [0.1, 0.15) is 12.0 Å². The molecule has 22 heavy (non-hydrogen) atoms. The standard InChI is InChI=1S/C15H14ClN5S/c1-22-15-19-14-12(13-17-6-3-7-20(13)15)9-18-21(14)11-5-2-4-10(16)8-11/h2,4-5,8-9H,3,6-7H2,1H3. The molecule has 5 nitrogen and oxygen atoms in total. The van der Waals surface area contributed by atoms with Gasteiger partial charge < -0.3 is 4.90 Å². The number of nitrogens with zero attached hydrogens (tertiary/aromatic N) is 5. The summed E-state index contributed by atoms with van der Waals surface area (Å²) in [6.07, 6.45) is 4.94. The predicted octanol–water partition coefficient (Wildman–Crippen LogP) is 3.34. The van der Waals surface area contributed by atoms with E-state index in [1.165, 1.54) is 0 Å². The first-order chi connectivity index (χ1) is 10.8. The molecule has 2 aliphatic heterocycles. The second-order valence-electron chi connectivity index (χ2n) is 5.08. The van der Waals surface area contributed by atoms with Crippen molar-refractivity contribution in [1.29, 1.82) is 0 Å². The van der Waals surface area contributed by atoms with E-state index in [2.05, 4.69) is 15.0 Å². The fraction of sp³-hybridized carbons (Fsp3) is 0.267. The van der Waals surface area contributed by atoms with Crippen LogP contribution in [0.2, 0.25) is 5.02 Å². The number of aromatic nitrogens is 2. The van der Waals surface area contributed by atoms with Crippen LogP contribution < -0.4 is 0 Å². The van der Waals surface area contributed by atoms with Crippen LogP contribution in [-0.2, 0) is 0 Å². The first kappa shape index (κ1) is 13.8. The molecule has 0 N–H and O–H groups in total. The first-order valence-electron chi connectivity index (χ1n) is 7.07. The first-order valence-corrected chi connectivity index (χ1v) is 8.67. The molecule has 7 heteroatoms. The van der Waals surface area contributed by atoms with E-state index in [0.29, 0.717) is 5.02 Å². The SMILES string of the molecule is CSC1=Nc2c(cnn2-c2cccc(Cl)c2)C2=NCCCN12. The van der Waals surface area contributed by atoms with Crippen molar-refractivity contribution >= 4 is 40.2 Å². The largest absolute Gasteiger partial charge is 0.305 e. The van der Waals surface area contributed by atoms with Crippen LogP contribution in [0.5, 0.6) is 0 Å². The Bertz CT molecular complexity index is 795. The van der Waals surface area contributed by atoms with Gasteiger partial charge in [0, 0.05) is 18.1 Å². The summed E-state index contributed by atoms with van der Waals surface area (Å²) in [7, 11) is 0. The van der Waals surface area contributed by atoms with Crippen molar-refractivity contribution in [2.45, 2.75) is 6.42 Å². The van der Waals surface area contributed by atoms with Gasteiger partial charge in [0.25, 0.3) is 0 Å². The molecule has 0 saturated heterocycles. The molecule has 2 aromatic rings. The van der Waals surface area contributed by atoms with E-state index in [1.54, 1.807) is 11.8 Å². The van der Waals surface area contributed by atoms with Crippen molar-refractivity contribution in [2.75, 3.05) is 19.3 Å². The van der Waals surface area contributed by atoms with Crippen molar-refractivity contribution in [1.82, 2.24) is 14.7 Å². The quantitative estimate of drug-likeness (QED) is 0.805. The minimum Gasteiger partial charge on any atom is -0.305 e. The molecule has 0 spiro atoms. The number of halogens is 1. The summed E-state index contributed by atoms with van der Waals surface area (Å²) in [5.41, 5.74) is 1.89. The number of thioether (sulfide) groups is 1. The second-order valence-corrected chi connectivity index (χ2v) is 6.29. The molecular formula is C15H14ClN5S. The zero-order chi connectivity index (χ0) is 15.1. The zero-order valence-electron chi connectivity index (χ0n) is 12.0. The molecule has 1 aromatic heterocycles. The van der Waals surface area contributed by atoms with E-state index in [0.717, 1.165) is 47.6 Å². The van der Waals surface area contributed by atoms with Crippen molar-refractivity contribution in [3.8, 4) is 5.69 Å². The van der Waals surface area contributed by atoms with Gasteiger partial charge in [0.1, 0.15) is 5.84 Å². The lowest BCUT2D eigenvalue weighted by molar-refractivity contribution is 0.554. The maximum atomic E-state index is 6.10. The fourth-order valence-electron chi connectivity index (χ4n) is 2.73. The van der Waals surface area contributed by atoms with Crippen LogP contribution in [0.3, 0.4) is 0 Å². The maximum absolute atomic E-state index is 6.10. The molecule has 0 radical (unpaired) electrons. The second kappa shape index (κ2) is 5.44. The summed E-state index contributed by atoms with van der Waals surface area (Å²) in [6.45, 7) is 1.82. The van der Waals surface area contributed by atoms with Gasteiger partial charge in [-0.2, -0.15) is 5.10 Å². The number of fused-ring (bicyclic) bond motifs is 3. The smallest absolute Gasteiger partial charge is 0.171 e. The lowest BCUT2D eigenvalue weighted by Gasteiger charge is -2.32. The molecule has 3 heterocycles. The zero-order valence-corrected chi connectivity index (χ0v) is 13.6. The highest BCUT2D eigenvalue weighted by Crippen LogP contribution is 2.32. The molecule has 0 bridgehead atoms. The Morgan fingerprint density at radius 3 is 3.05 bits per heavy atom. The lowest BCUT2D eigenvalue weighted by Crippen LogP contribution is -2.41. The summed E-state index contributed by atoms with van der Waals surface area (Å²) in [5, 5.41) is 6.15. The van der Waals surface area contributed by atoms with Gasteiger partial charge in [-0.3, -0.25) is 4.99 Å². The van der Waals surface area contributed by atoms with Gasteiger partial charge in [-0.25, -0.2) is 9.67 Å². The number of hydrogen-bond donors (Lipinski definition) is 0. The van der Waals surface area contributed by atoms with Gasteiger partial charge in [0.2, 0.25) is 0 Å². The Hall–Kier alpha value is -1.79. The Balaban J connectivity index is 1.90. The highest BCUT2D eigenvalue weighted by Gasteiger charge is 2.30. The molecule has 1 aromatic carbocycles. The Morgan fingerprint density at radius 1 is 1.32 bits per heavy atom. The van der Waals surface area contributed by atoms with Crippen LogP contribution >= 0.6 is 23.4 Å². The van der Waals surface area contributed by atoms with E-state index in [1.807, 2.05) is 41.4 Å². The molecule has 2 aliphatic rings. The third-order valence-corrected chi connectivity index (χ3v) is 4.62. The van der Waals surface area contributed by atoms with Gasteiger partial charge in [-0.15, -0.1) is 0 Å². The monoisotopic (exact) mass is 331 g/mol. The molecule has 0 aliphatic carbocycles. The third kappa shape index (κ3) is 2.14. The summed E-state index contributed by atoms with van der Waals surface area (Å²) in [5.74, 6) is 1.80. The number of hydrogen-bond acceptors (Lipinski definition) is 5. The van der Waals surface area contributed by atoms with Gasteiger partial charge in [0.15, 0.2) is 11.0 Å². The average molecular weight is 332 g/mol. The van der Waals surface area contributed by atoms with E-state index in [-0.39, 0.29) is 0 Å². The molecule has 0 unspecified atom stereocenters. The molecule has 0 fully saturated rings. The Kier molecular flexibility index (Phi) is 3.43. The fourth-order valence-corrected chi connectivity index (χ4v) is 3.49. The summed E-state index contributed by atoms with van der Waals surface area (Å²) >= 11 is 7.73. The Labute approximate surface area is 137 Å². The van der Waals surface area contributed by atoms with Crippen LogP contribution in [0.25, 0.3) is 5.69 Å². The molecule has 0 saturated carbocycles. The lowest BCUT2D eigenvalue weighted by atomic mass is 10.2. The molecule has 0 amide bonds. The Morgan fingerprint density at radius 2 is 2.23 bits per heavy atom. The minimum absolute atomic E-state index is 0.684. The topological polar surface area (TPSA) is 45.8 Å². The highest BCUT2D eigenvalue weighted by molar-refractivity contribution is 8.13.